The minimum atomic E-state index is -0.549. The number of aryl methyl sites for hydroxylation is 1. The van der Waals surface area contributed by atoms with Crippen molar-refractivity contribution in [3.8, 4) is 23.0 Å². The van der Waals surface area contributed by atoms with Crippen LogP contribution < -0.4 is 10.6 Å². The summed E-state index contributed by atoms with van der Waals surface area (Å²) < 4.78 is 20.6. The molecule has 0 saturated carbocycles. The Balaban J connectivity index is 1.20. The van der Waals surface area contributed by atoms with Crippen LogP contribution >= 0.6 is 11.6 Å². The number of aromatic nitrogens is 4. The molecule has 0 aliphatic carbocycles. The first-order valence-electron chi connectivity index (χ1n) is 11.0. The second-order valence-corrected chi connectivity index (χ2v) is 8.48. The normalized spacial score (nSPS) is 10.9. The van der Waals surface area contributed by atoms with Crippen molar-refractivity contribution in [2.75, 3.05) is 10.6 Å². The van der Waals surface area contributed by atoms with Crippen LogP contribution in [0, 0.1) is 12.7 Å². The molecule has 0 unspecified atom stereocenters. The zero-order valence-corrected chi connectivity index (χ0v) is 19.8. The fourth-order valence-corrected chi connectivity index (χ4v) is 3.77. The van der Waals surface area contributed by atoms with Gasteiger partial charge in [-0.05, 0) is 48.4 Å². The number of benzene rings is 3. The highest BCUT2D eigenvalue weighted by atomic mass is 35.5. The number of hydrogen-bond acceptors (Lipinski definition) is 5. The van der Waals surface area contributed by atoms with Crippen LogP contribution in [-0.2, 0) is 6.54 Å². The summed E-state index contributed by atoms with van der Waals surface area (Å²) in [5.74, 6) is 0.319. The lowest BCUT2D eigenvalue weighted by Gasteiger charge is -2.09. The third-order valence-electron chi connectivity index (χ3n) is 5.42. The number of nitrogens with one attached hydrogen (secondary N) is 2. The maximum absolute atomic E-state index is 13.3. The van der Waals surface area contributed by atoms with E-state index in [-0.39, 0.29) is 5.02 Å². The van der Waals surface area contributed by atoms with Gasteiger partial charge in [0, 0.05) is 29.7 Å². The van der Waals surface area contributed by atoms with Gasteiger partial charge < -0.3 is 19.7 Å². The van der Waals surface area contributed by atoms with Gasteiger partial charge >= 0.3 is 6.03 Å². The number of carbonyl (C=O) groups is 1. The van der Waals surface area contributed by atoms with Crippen molar-refractivity contribution in [1.29, 1.82) is 0 Å². The van der Waals surface area contributed by atoms with Crippen molar-refractivity contribution in [2.45, 2.75) is 13.5 Å². The maximum atomic E-state index is 13.3. The number of rotatable bonds is 6. The van der Waals surface area contributed by atoms with E-state index in [1.165, 1.54) is 18.2 Å². The fourth-order valence-electron chi connectivity index (χ4n) is 3.59. The van der Waals surface area contributed by atoms with E-state index in [1.54, 1.807) is 18.5 Å². The van der Waals surface area contributed by atoms with E-state index in [4.69, 9.17) is 16.1 Å². The molecule has 0 spiro atoms. The quantitative estimate of drug-likeness (QED) is 0.280. The van der Waals surface area contributed by atoms with Crippen molar-refractivity contribution in [2.24, 2.45) is 0 Å². The Morgan fingerprint density at radius 2 is 1.81 bits per heavy atom. The summed E-state index contributed by atoms with van der Waals surface area (Å²) in [6.45, 7) is 2.56. The Bertz CT molecular complexity index is 1530. The Kier molecular flexibility index (Phi) is 6.46. The van der Waals surface area contributed by atoms with Crippen LogP contribution in [0.25, 0.3) is 23.0 Å². The van der Waals surface area contributed by atoms with Gasteiger partial charge in [-0.2, -0.15) is 4.98 Å². The van der Waals surface area contributed by atoms with Crippen LogP contribution in [0.3, 0.4) is 0 Å². The highest BCUT2D eigenvalue weighted by Crippen LogP contribution is 2.24. The summed E-state index contributed by atoms with van der Waals surface area (Å²) in [7, 11) is 0. The molecule has 36 heavy (non-hydrogen) atoms. The third kappa shape index (κ3) is 5.26. The Hall–Kier alpha value is -4.50. The van der Waals surface area contributed by atoms with Gasteiger partial charge in [0.05, 0.1) is 11.3 Å². The van der Waals surface area contributed by atoms with E-state index in [1.807, 2.05) is 54.1 Å². The van der Waals surface area contributed by atoms with Crippen LogP contribution in [0.15, 0.2) is 83.8 Å². The average Bonchev–Trinajstić information content (AvgIpc) is 3.53. The fraction of sp³-hybridized carbons (Fsp3) is 0.0769. The summed E-state index contributed by atoms with van der Waals surface area (Å²) in [6.07, 6.45) is 3.53. The average molecular weight is 503 g/mol. The van der Waals surface area contributed by atoms with E-state index in [0.717, 1.165) is 16.7 Å². The van der Waals surface area contributed by atoms with Gasteiger partial charge in [0.25, 0.3) is 5.89 Å². The van der Waals surface area contributed by atoms with Crippen molar-refractivity contribution in [3.63, 3.8) is 0 Å². The molecule has 10 heteroatoms. The zero-order chi connectivity index (χ0) is 25.1. The number of carbonyl (C=O) groups excluding carboxylic acids is 1. The van der Waals surface area contributed by atoms with Gasteiger partial charge in [-0.1, -0.05) is 53.2 Å². The molecule has 0 bridgehead atoms. The lowest BCUT2D eigenvalue weighted by Crippen LogP contribution is -2.19. The molecule has 0 aliphatic heterocycles. The molecule has 0 fully saturated rings. The number of hydrogen-bond donors (Lipinski definition) is 2. The van der Waals surface area contributed by atoms with Crippen LogP contribution in [0.4, 0.5) is 20.6 Å². The highest BCUT2D eigenvalue weighted by Gasteiger charge is 2.14. The third-order valence-corrected chi connectivity index (χ3v) is 5.71. The first-order valence-corrected chi connectivity index (χ1v) is 11.4. The molecule has 0 aliphatic rings. The van der Waals surface area contributed by atoms with E-state index in [9.17, 15) is 9.18 Å². The molecule has 2 N–H and O–H groups in total. The van der Waals surface area contributed by atoms with Crippen LogP contribution in [0.2, 0.25) is 5.02 Å². The lowest BCUT2D eigenvalue weighted by molar-refractivity contribution is 0.262. The van der Waals surface area contributed by atoms with Crippen molar-refractivity contribution >= 4 is 29.0 Å². The molecular formula is C26H20ClFN6O2. The number of urea groups is 1. The van der Waals surface area contributed by atoms with Gasteiger partial charge in [0.15, 0.2) is 0 Å². The predicted molar refractivity (Wildman–Crippen MR) is 135 cm³/mol. The topological polar surface area (TPSA) is 97.9 Å². The molecule has 0 saturated heterocycles. The minimum absolute atomic E-state index is 0.0642. The molecule has 180 valence electrons. The zero-order valence-electron chi connectivity index (χ0n) is 19.1. The van der Waals surface area contributed by atoms with Crippen molar-refractivity contribution in [3.05, 3.63) is 101 Å². The standard InChI is InChI=1S/C26H20ClFN6O2/c1-16-4-2-3-5-20(16)24-32-25(36-33-24)23-14-34(15-29-23)13-17-6-8-18(9-7-17)30-26(35)31-19-10-11-22(28)21(27)12-19/h2-12,14-15H,13H2,1H3,(H2,30,31,35). The monoisotopic (exact) mass is 502 g/mol. The van der Waals surface area contributed by atoms with Gasteiger partial charge in [-0.15, -0.1) is 0 Å². The number of amides is 2. The van der Waals surface area contributed by atoms with E-state index >= 15 is 0 Å². The molecule has 2 amide bonds. The summed E-state index contributed by atoms with van der Waals surface area (Å²) in [5.41, 5.74) is 4.55. The van der Waals surface area contributed by atoms with Crippen LogP contribution in [0.5, 0.6) is 0 Å². The number of anilines is 2. The first-order chi connectivity index (χ1) is 17.4. The Labute approximate surface area is 210 Å². The van der Waals surface area contributed by atoms with E-state index in [2.05, 4.69) is 25.8 Å². The second-order valence-electron chi connectivity index (χ2n) is 8.07. The molecule has 8 nitrogen and oxygen atoms in total. The molecule has 3 aromatic carbocycles. The summed E-state index contributed by atoms with van der Waals surface area (Å²) >= 11 is 5.74. The van der Waals surface area contributed by atoms with E-state index in [0.29, 0.717) is 35.3 Å². The number of halogens is 2. The lowest BCUT2D eigenvalue weighted by atomic mass is 10.1. The number of nitrogens with zero attached hydrogens (tertiary/aromatic N) is 4. The van der Waals surface area contributed by atoms with Gasteiger partial charge in [-0.3, -0.25) is 0 Å². The molecule has 0 radical (unpaired) electrons. The molecule has 5 rings (SSSR count). The highest BCUT2D eigenvalue weighted by molar-refractivity contribution is 6.31. The maximum Gasteiger partial charge on any atom is 0.323 e. The van der Waals surface area contributed by atoms with Gasteiger partial charge in [0.2, 0.25) is 5.82 Å². The summed E-state index contributed by atoms with van der Waals surface area (Å²) in [6, 6.07) is 18.7. The SMILES string of the molecule is Cc1ccccc1-c1noc(-c2cn(Cc3ccc(NC(=O)Nc4ccc(F)c(Cl)c4)cc3)cn2)n1. The van der Waals surface area contributed by atoms with Crippen molar-refractivity contribution in [1.82, 2.24) is 19.7 Å². The van der Waals surface area contributed by atoms with Gasteiger partial charge in [0.1, 0.15) is 11.5 Å². The molecule has 0 atom stereocenters. The number of imidazole rings is 1. The smallest absolute Gasteiger partial charge is 0.323 e. The first kappa shape index (κ1) is 23.3. The molecular weight excluding hydrogens is 483 g/mol. The Morgan fingerprint density at radius 3 is 2.58 bits per heavy atom. The Morgan fingerprint density at radius 1 is 1.06 bits per heavy atom. The largest absolute Gasteiger partial charge is 0.332 e. The second kappa shape index (κ2) is 10.0. The summed E-state index contributed by atoms with van der Waals surface area (Å²) in [5, 5.41) is 9.36. The predicted octanol–water partition coefficient (Wildman–Crippen LogP) is 6.39. The van der Waals surface area contributed by atoms with Crippen molar-refractivity contribution < 1.29 is 13.7 Å². The van der Waals surface area contributed by atoms with E-state index < -0.39 is 11.8 Å². The summed E-state index contributed by atoms with van der Waals surface area (Å²) in [4.78, 5) is 21.1. The van der Waals surface area contributed by atoms with Gasteiger partial charge in [-0.25, -0.2) is 14.2 Å². The van der Waals surface area contributed by atoms with Crippen LogP contribution in [0.1, 0.15) is 11.1 Å². The molecule has 5 aromatic rings. The molecule has 2 heterocycles. The minimum Gasteiger partial charge on any atom is -0.332 e. The van der Waals surface area contributed by atoms with Crippen LogP contribution in [-0.4, -0.2) is 25.7 Å². The molecule has 2 aromatic heterocycles.